The van der Waals surface area contributed by atoms with Crippen molar-refractivity contribution in [1.82, 2.24) is 4.90 Å². The minimum atomic E-state index is 0.00504. The van der Waals surface area contributed by atoms with Crippen LogP contribution in [0.15, 0.2) is 0 Å². The van der Waals surface area contributed by atoms with Crippen LogP contribution in [-0.4, -0.2) is 41.6 Å². The van der Waals surface area contributed by atoms with Crippen LogP contribution in [0.2, 0.25) is 0 Å². The molecule has 0 bridgehead atoms. The van der Waals surface area contributed by atoms with Crippen molar-refractivity contribution in [3.05, 3.63) is 0 Å². The maximum absolute atomic E-state index is 5.79. The minimum Gasteiger partial charge on any atom is -0.375 e. The van der Waals surface area contributed by atoms with E-state index in [1.54, 1.807) is 0 Å². The van der Waals surface area contributed by atoms with E-state index in [0.29, 0.717) is 0 Å². The van der Waals surface area contributed by atoms with Gasteiger partial charge in [-0.15, -0.1) is 0 Å². The third-order valence-electron chi connectivity index (χ3n) is 3.08. The van der Waals surface area contributed by atoms with E-state index in [1.807, 2.05) is 0 Å². The van der Waals surface area contributed by atoms with Gasteiger partial charge in [0, 0.05) is 17.9 Å². The highest BCUT2D eigenvalue weighted by Crippen LogP contribution is 2.21. The molecule has 1 heterocycles. The van der Waals surface area contributed by atoms with Gasteiger partial charge in [0.1, 0.15) is 0 Å². The number of halogens is 1. The fourth-order valence-corrected chi connectivity index (χ4v) is 2.62. The van der Waals surface area contributed by atoms with Crippen molar-refractivity contribution < 1.29 is 4.74 Å². The SMILES string of the molecule is CC(C)(C)OCCN1CCCC1CCCBr. The molecule has 2 nitrogen and oxygen atoms in total. The molecule has 0 saturated carbocycles. The van der Waals surface area contributed by atoms with Gasteiger partial charge in [0.25, 0.3) is 0 Å². The first-order valence-electron chi connectivity index (χ1n) is 6.47. The zero-order valence-electron chi connectivity index (χ0n) is 11.0. The summed E-state index contributed by atoms with van der Waals surface area (Å²) in [4.78, 5) is 2.61. The predicted octanol–water partition coefficient (Wildman–Crippen LogP) is 3.44. The minimum absolute atomic E-state index is 0.00504. The highest BCUT2D eigenvalue weighted by atomic mass is 79.9. The van der Waals surface area contributed by atoms with Crippen LogP contribution < -0.4 is 0 Å². The van der Waals surface area contributed by atoms with Crippen LogP contribution in [0.5, 0.6) is 0 Å². The summed E-state index contributed by atoms with van der Waals surface area (Å²) in [5, 5.41) is 1.13. The first-order valence-corrected chi connectivity index (χ1v) is 7.59. The Morgan fingerprint density at radius 1 is 1.38 bits per heavy atom. The van der Waals surface area contributed by atoms with Crippen molar-refractivity contribution in [2.75, 3.05) is 25.0 Å². The number of rotatable bonds is 6. The van der Waals surface area contributed by atoms with Gasteiger partial charge in [0.15, 0.2) is 0 Å². The maximum atomic E-state index is 5.79. The Labute approximate surface area is 109 Å². The summed E-state index contributed by atoms with van der Waals surface area (Å²) in [7, 11) is 0. The Morgan fingerprint density at radius 2 is 2.12 bits per heavy atom. The van der Waals surface area contributed by atoms with E-state index in [-0.39, 0.29) is 5.60 Å². The Morgan fingerprint density at radius 3 is 2.75 bits per heavy atom. The van der Waals surface area contributed by atoms with Gasteiger partial charge in [-0.2, -0.15) is 0 Å². The second kappa shape index (κ2) is 6.97. The largest absolute Gasteiger partial charge is 0.375 e. The van der Waals surface area contributed by atoms with E-state index in [1.165, 1.54) is 32.2 Å². The average molecular weight is 292 g/mol. The molecule has 0 radical (unpaired) electrons. The van der Waals surface area contributed by atoms with Gasteiger partial charge >= 0.3 is 0 Å². The lowest BCUT2D eigenvalue weighted by Gasteiger charge is -2.26. The molecule has 0 aromatic carbocycles. The zero-order valence-corrected chi connectivity index (χ0v) is 12.6. The lowest BCUT2D eigenvalue weighted by Crippen LogP contribution is -2.34. The molecule has 0 aromatic rings. The Hall–Kier alpha value is 0.400. The molecular formula is C13H26BrNO. The Balaban J connectivity index is 2.19. The van der Waals surface area contributed by atoms with E-state index in [9.17, 15) is 0 Å². The molecular weight excluding hydrogens is 266 g/mol. The summed E-state index contributed by atoms with van der Waals surface area (Å²) >= 11 is 3.51. The number of hydrogen-bond donors (Lipinski definition) is 0. The lowest BCUT2D eigenvalue weighted by atomic mass is 10.1. The summed E-state index contributed by atoms with van der Waals surface area (Å²) < 4.78 is 5.79. The molecule has 1 aliphatic heterocycles. The normalized spacial score (nSPS) is 22.9. The molecule has 1 atom stereocenters. The van der Waals surface area contributed by atoms with E-state index in [0.717, 1.165) is 24.5 Å². The van der Waals surface area contributed by atoms with Crippen LogP contribution >= 0.6 is 15.9 Å². The number of ether oxygens (including phenoxy) is 1. The molecule has 1 aliphatic rings. The number of hydrogen-bond acceptors (Lipinski definition) is 2. The van der Waals surface area contributed by atoms with E-state index >= 15 is 0 Å². The highest BCUT2D eigenvalue weighted by Gasteiger charge is 2.23. The summed E-state index contributed by atoms with van der Waals surface area (Å²) in [6.45, 7) is 9.61. The smallest absolute Gasteiger partial charge is 0.0600 e. The fraction of sp³-hybridized carbons (Fsp3) is 1.00. The van der Waals surface area contributed by atoms with Crippen LogP contribution in [0.25, 0.3) is 0 Å². The van der Waals surface area contributed by atoms with Gasteiger partial charge < -0.3 is 4.74 Å². The molecule has 3 heteroatoms. The second-order valence-electron chi connectivity index (χ2n) is 5.62. The van der Waals surface area contributed by atoms with Crippen molar-refractivity contribution in [2.45, 2.75) is 58.1 Å². The molecule has 1 rings (SSSR count). The topological polar surface area (TPSA) is 12.5 Å². The van der Waals surface area contributed by atoms with Crippen molar-refractivity contribution in [3.8, 4) is 0 Å². The van der Waals surface area contributed by atoms with Crippen molar-refractivity contribution in [2.24, 2.45) is 0 Å². The molecule has 0 aromatic heterocycles. The number of alkyl halides is 1. The second-order valence-corrected chi connectivity index (χ2v) is 6.42. The molecule has 0 spiro atoms. The summed E-state index contributed by atoms with van der Waals surface area (Å²) in [6.07, 6.45) is 5.37. The van der Waals surface area contributed by atoms with Gasteiger partial charge in [-0.3, -0.25) is 4.90 Å². The van der Waals surface area contributed by atoms with Gasteiger partial charge in [-0.25, -0.2) is 0 Å². The first kappa shape index (κ1) is 14.5. The van der Waals surface area contributed by atoms with Gasteiger partial charge in [0.2, 0.25) is 0 Å². The zero-order chi connectivity index (χ0) is 12.0. The van der Waals surface area contributed by atoms with Gasteiger partial charge in [-0.1, -0.05) is 15.9 Å². The summed E-state index contributed by atoms with van der Waals surface area (Å²) in [6, 6.07) is 0.807. The van der Waals surface area contributed by atoms with Crippen molar-refractivity contribution in [1.29, 1.82) is 0 Å². The lowest BCUT2D eigenvalue weighted by molar-refractivity contribution is -0.0146. The van der Waals surface area contributed by atoms with Crippen LogP contribution in [-0.2, 0) is 4.74 Å². The molecule has 1 saturated heterocycles. The van der Waals surface area contributed by atoms with Crippen LogP contribution in [0.3, 0.4) is 0 Å². The summed E-state index contributed by atoms with van der Waals surface area (Å²) in [5.74, 6) is 0. The van der Waals surface area contributed by atoms with Crippen molar-refractivity contribution in [3.63, 3.8) is 0 Å². The third kappa shape index (κ3) is 5.65. The number of nitrogens with zero attached hydrogens (tertiary/aromatic N) is 1. The molecule has 0 amide bonds. The van der Waals surface area contributed by atoms with Crippen molar-refractivity contribution >= 4 is 15.9 Å². The molecule has 16 heavy (non-hydrogen) atoms. The summed E-state index contributed by atoms with van der Waals surface area (Å²) in [5.41, 5.74) is 0.00504. The first-order chi connectivity index (χ1) is 7.53. The van der Waals surface area contributed by atoms with Gasteiger partial charge in [0.05, 0.1) is 12.2 Å². The average Bonchev–Trinajstić information content (AvgIpc) is 2.60. The quantitative estimate of drug-likeness (QED) is 0.695. The van der Waals surface area contributed by atoms with Gasteiger partial charge in [-0.05, 0) is 53.0 Å². The molecule has 0 N–H and O–H groups in total. The predicted molar refractivity (Wildman–Crippen MR) is 73.3 cm³/mol. The van der Waals surface area contributed by atoms with E-state index < -0.39 is 0 Å². The number of likely N-dealkylation sites (tertiary alicyclic amines) is 1. The monoisotopic (exact) mass is 291 g/mol. The molecule has 1 fully saturated rings. The van der Waals surface area contributed by atoms with E-state index in [2.05, 4.69) is 41.6 Å². The molecule has 0 aliphatic carbocycles. The van der Waals surface area contributed by atoms with E-state index in [4.69, 9.17) is 4.74 Å². The molecule has 1 unspecified atom stereocenters. The van der Waals surface area contributed by atoms with Crippen LogP contribution in [0, 0.1) is 0 Å². The van der Waals surface area contributed by atoms with Crippen LogP contribution in [0.1, 0.15) is 46.5 Å². The maximum Gasteiger partial charge on any atom is 0.0600 e. The molecule has 96 valence electrons. The fourth-order valence-electron chi connectivity index (χ4n) is 2.30. The Kier molecular flexibility index (Phi) is 6.30. The highest BCUT2D eigenvalue weighted by molar-refractivity contribution is 9.09. The Bertz CT molecular complexity index is 191. The third-order valence-corrected chi connectivity index (χ3v) is 3.64. The standard InChI is InChI=1S/C13H26BrNO/c1-13(2,3)16-11-10-15-9-5-7-12(15)6-4-8-14/h12H,4-11H2,1-3H3. The van der Waals surface area contributed by atoms with Crippen LogP contribution in [0.4, 0.5) is 0 Å².